The second kappa shape index (κ2) is 10.6. The highest BCUT2D eigenvalue weighted by atomic mass is 35.5. The predicted molar refractivity (Wildman–Crippen MR) is 118 cm³/mol. The Morgan fingerprint density at radius 3 is 2.94 bits per heavy atom. The molecule has 1 amide bonds. The van der Waals surface area contributed by atoms with Crippen LogP contribution in [0.1, 0.15) is 24.7 Å². The molecular weight excluding hydrogens is 435 g/mol. The van der Waals surface area contributed by atoms with Crippen molar-refractivity contribution in [3.05, 3.63) is 65.3 Å². The first-order valence-corrected chi connectivity index (χ1v) is 10.9. The number of amides is 1. The van der Waals surface area contributed by atoms with Gasteiger partial charge in [0.15, 0.2) is 0 Å². The monoisotopic (exact) mass is 458 g/mol. The molecule has 0 saturated carbocycles. The summed E-state index contributed by atoms with van der Waals surface area (Å²) in [6.07, 6.45) is 1.83. The Kier molecular flexibility index (Phi) is 7.34. The number of nitrogens with zero attached hydrogens (tertiary/aromatic N) is 3. The fraction of sp³-hybridized carbons (Fsp3) is 0.348. The van der Waals surface area contributed by atoms with E-state index in [-0.39, 0.29) is 17.6 Å². The topological polar surface area (TPSA) is 80.5 Å². The number of benzene rings is 2. The Balaban J connectivity index is 1.23. The molecule has 1 aliphatic heterocycles. The molecule has 0 bridgehead atoms. The van der Waals surface area contributed by atoms with Crippen molar-refractivity contribution in [3.63, 3.8) is 0 Å². The molecule has 168 valence electrons. The molecule has 2 aromatic carbocycles. The maximum Gasteiger partial charge on any atom is 0.234 e. The lowest BCUT2D eigenvalue weighted by atomic mass is 9.98. The summed E-state index contributed by atoms with van der Waals surface area (Å²) >= 11 is 5.85. The largest absolute Gasteiger partial charge is 0.492 e. The summed E-state index contributed by atoms with van der Waals surface area (Å²) in [6, 6.07) is 13.2. The van der Waals surface area contributed by atoms with Crippen LogP contribution in [-0.2, 0) is 4.79 Å². The lowest BCUT2D eigenvalue weighted by Crippen LogP contribution is -2.42. The molecule has 1 saturated heterocycles. The van der Waals surface area contributed by atoms with Crippen LogP contribution >= 0.6 is 11.6 Å². The van der Waals surface area contributed by atoms with E-state index in [1.54, 1.807) is 36.4 Å². The van der Waals surface area contributed by atoms with E-state index in [0.29, 0.717) is 54.3 Å². The number of carbonyl (C=O) groups excluding carboxylic acids is 1. The quantitative estimate of drug-likeness (QED) is 0.515. The van der Waals surface area contributed by atoms with E-state index in [4.69, 9.17) is 20.9 Å². The van der Waals surface area contributed by atoms with Gasteiger partial charge < -0.3 is 14.6 Å². The van der Waals surface area contributed by atoms with Gasteiger partial charge in [0.1, 0.15) is 18.2 Å². The van der Waals surface area contributed by atoms with E-state index in [0.717, 1.165) is 19.4 Å². The Morgan fingerprint density at radius 2 is 2.12 bits per heavy atom. The SMILES string of the molecule is O=C(CN1CCCC(c2nc(-c3cccc(F)c3)no2)C1)NCCOc1ccc(Cl)cc1. The molecule has 1 aromatic heterocycles. The van der Waals surface area contributed by atoms with Crippen molar-refractivity contribution >= 4 is 17.5 Å². The number of nitrogens with one attached hydrogen (secondary N) is 1. The minimum Gasteiger partial charge on any atom is -0.492 e. The van der Waals surface area contributed by atoms with Crippen LogP contribution in [0.5, 0.6) is 5.75 Å². The third-order valence-corrected chi connectivity index (χ3v) is 5.51. The van der Waals surface area contributed by atoms with Gasteiger partial charge >= 0.3 is 0 Å². The molecule has 0 spiro atoms. The lowest BCUT2D eigenvalue weighted by molar-refractivity contribution is -0.122. The van der Waals surface area contributed by atoms with Crippen molar-refractivity contribution < 1.29 is 18.4 Å². The van der Waals surface area contributed by atoms with Crippen molar-refractivity contribution in [2.45, 2.75) is 18.8 Å². The molecule has 1 N–H and O–H groups in total. The maximum absolute atomic E-state index is 13.5. The van der Waals surface area contributed by atoms with Gasteiger partial charge in [-0.1, -0.05) is 28.9 Å². The van der Waals surface area contributed by atoms with Crippen molar-refractivity contribution in [3.8, 4) is 17.1 Å². The van der Waals surface area contributed by atoms with Crippen molar-refractivity contribution in [2.75, 3.05) is 32.8 Å². The van der Waals surface area contributed by atoms with Crippen LogP contribution < -0.4 is 10.1 Å². The molecule has 7 nitrogen and oxygen atoms in total. The second-order valence-corrected chi connectivity index (χ2v) is 8.13. The summed E-state index contributed by atoms with van der Waals surface area (Å²) in [6.45, 7) is 2.57. The Bertz CT molecular complexity index is 1040. The Morgan fingerprint density at radius 1 is 1.28 bits per heavy atom. The van der Waals surface area contributed by atoms with Gasteiger partial charge in [0.2, 0.25) is 17.6 Å². The minimum absolute atomic E-state index is 0.0413. The zero-order valence-electron chi connectivity index (χ0n) is 17.5. The van der Waals surface area contributed by atoms with Gasteiger partial charge in [-0.3, -0.25) is 9.69 Å². The lowest BCUT2D eigenvalue weighted by Gasteiger charge is -2.30. The van der Waals surface area contributed by atoms with Crippen LogP contribution in [0, 0.1) is 5.82 Å². The van der Waals surface area contributed by atoms with Gasteiger partial charge in [-0.2, -0.15) is 4.98 Å². The number of aromatic nitrogens is 2. The van der Waals surface area contributed by atoms with Gasteiger partial charge in [0.25, 0.3) is 0 Å². The molecular formula is C23H24ClFN4O3. The molecule has 9 heteroatoms. The van der Waals surface area contributed by atoms with Crippen LogP contribution in [-0.4, -0.2) is 53.7 Å². The van der Waals surface area contributed by atoms with E-state index < -0.39 is 0 Å². The average Bonchev–Trinajstić information content (AvgIpc) is 3.29. The third-order valence-electron chi connectivity index (χ3n) is 5.25. The highest BCUT2D eigenvalue weighted by Gasteiger charge is 2.27. The summed E-state index contributed by atoms with van der Waals surface area (Å²) < 4.78 is 24.5. The Labute approximate surface area is 190 Å². The van der Waals surface area contributed by atoms with Crippen LogP contribution in [0.2, 0.25) is 5.02 Å². The van der Waals surface area contributed by atoms with E-state index in [1.807, 2.05) is 0 Å². The number of ether oxygens (including phenoxy) is 1. The van der Waals surface area contributed by atoms with E-state index >= 15 is 0 Å². The number of hydrogen-bond acceptors (Lipinski definition) is 6. The molecule has 1 unspecified atom stereocenters. The van der Waals surface area contributed by atoms with Crippen molar-refractivity contribution in [2.24, 2.45) is 0 Å². The summed E-state index contributed by atoms with van der Waals surface area (Å²) in [7, 11) is 0. The average molecular weight is 459 g/mol. The fourth-order valence-corrected chi connectivity index (χ4v) is 3.82. The molecule has 1 atom stereocenters. The standard InChI is InChI=1S/C23H24ClFN4O3/c24-18-6-8-20(9-7-18)31-12-10-26-21(30)15-29-11-2-4-17(14-29)23-27-22(28-32-23)16-3-1-5-19(25)13-16/h1,3,5-9,13,17H,2,4,10-12,14-15H2,(H,26,30). The van der Waals surface area contributed by atoms with E-state index in [2.05, 4.69) is 20.4 Å². The molecule has 32 heavy (non-hydrogen) atoms. The number of hydrogen-bond donors (Lipinski definition) is 1. The maximum atomic E-state index is 13.5. The number of halogens is 2. The summed E-state index contributed by atoms with van der Waals surface area (Å²) in [4.78, 5) is 18.9. The minimum atomic E-state index is -0.345. The summed E-state index contributed by atoms with van der Waals surface area (Å²) in [5, 5.41) is 7.52. The fourth-order valence-electron chi connectivity index (χ4n) is 3.70. The number of rotatable bonds is 8. The van der Waals surface area contributed by atoms with Crippen LogP contribution in [0.3, 0.4) is 0 Å². The zero-order valence-corrected chi connectivity index (χ0v) is 18.2. The molecule has 1 fully saturated rings. The first-order valence-electron chi connectivity index (χ1n) is 10.5. The predicted octanol–water partition coefficient (Wildman–Crippen LogP) is 3.90. The number of carbonyl (C=O) groups is 1. The first-order chi connectivity index (χ1) is 15.6. The van der Waals surface area contributed by atoms with Gasteiger partial charge in [0.05, 0.1) is 19.0 Å². The van der Waals surface area contributed by atoms with Crippen LogP contribution in [0.4, 0.5) is 4.39 Å². The third kappa shape index (κ3) is 6.05. The second-order valence-electron chi connectivity index (χ2n) is 7.69. The van der Waals surface area contributed by atoms with Crippen molar-refractivity contribution in [1.29, 1.82) is 0 Å². The molecule has 1 aliphatic rings. The molecule has 3 aromatic rings. The normalized spacial score (nSPS) is 16.6. The van der Waals surface area contributed by atoms with E-state index in [1.165, 1.54) is 12.1 Å². The van der Waals surface area contributed by atoms with Crippen LogP contribution in [0.25, 0.3) is 11.4 Å². The summed E-state index contributed by atoms with van der Waals surface area (Å²) in [5.74, 6) is 1.23. The van der Waals surface area contributed by atoms with E-state index in [9.17, 15) is 9.18 Å². The molecule has 0 aliphatic carbocycles. The van der Waals surface area contributed by atoms with Crippen LogP contribution in [0.15, 0.2) is 53.1 Å². The molecule has 0 radical (unpaired) electrons. The first kappa shape index (κ1) is 22.2. The van der Waals surface area contributed by atoms with Gasteiger partial charge in [0, 0.05) is 17.1 Å². The Hall–Kier alpha value is -2.97. The zero-order chi connectivity index (χ0) is 22.3. The van der Waals surface area contributed by atoms with Gasteiger partial charge in [-0.25, -0.2) is 4.39 Å². The number of piperidine rings is 1. The smallest absolute Gasteiger partial charge is 0.234 e. The highest BCUT2D eigenvalue weighted by molar-refractivity contribution is 6.30. The molecule has 4 rings (SSSR count). The number of likely N-dealkylation sites (tertiary alicyclic amines) is 1. The van der Waals surface area contributed by atoms with Crippen molar-refractivity contribution in [1.82, 2.24) is 20.4 Å². The molecule has 2 heterocycles. The van der Waals surface area contributed by atoms with Gasteiger partial charge in [-0.15, -0.1) is 0 Å². The van der Waals surface area contributed by atoms with Gasteiger partial charge in [-0.05, 0) is 55.8 Å². The highest BCUT2D eigenvalue weighted by Crippen LogP contribution is 2.27. The summed E-state index contributed by atoms with van der Waals surface area (Å²) in [5.41, 5.74) is 0.577.